The van der Waals surface area contributed by atoms with E-state index in [1.165, 1.54) is 0 Å². The van der Waals surface area contributed by atoms with Gasteiger partial charge in [0, 0.05) is 4.90 Å². The number of hydrogen-bond donors (Lipinski definition) is 0. The van der Waals surface area contributed by atoms with Crippen molar-refractivity contribution in [2.45, 2.75) is 77.1 Å². The molecule has 0 N–H and O–H groups in total. The van der Waals surface area contributed by atoms with E-state index in [9.17, 15) is 9.00 Å². The van der Waals surface area contributed by atoms with E-state index >= 15 is 0 Å². The SMILES string of the molecule is CCOC(=O)C[C@@H](C)[C@@H](CS(=O)c1ccc(C)cc1)O[Si](C)(C)C(C)(C)C. The molecule has 0 heterocycles. The van der Waals surface area contributed by atoms with Crippen molar-refractivity contribution in [2.75, 3.05) is 12.4 Å². The van der Waals surface area contributed by atoms with Gasteiger partial charge < -0.3 is 9.16 Å². The Hall–Kier alpha value is -0.983. The standard InChI is InChI=1S/C21H36O4SSi/c1-9-24-20(22)14-17(3)19(25-27(7,8)21(4,5)6)15-26(23)18-12-10-16(2)11-13-18/h10-13,17,19H,9,14-15H2,1-8H3/t17-,19-,26?/m1/s1. The lowest BCUT2D eigenvalue weighted by molar-refractivity contribution is -0.144. The van der Waals surface area contributed by atoms with Crippen LogP contribution in [-0.2, 0) is 24.8 Å². The number of carbonyl (C=O) groups excluding carboxylic acids is 1. The second-order valence-corrected chi connectivity index (χ2v) is 15.0. The highest BCUT2D eigenvalue weighted by molar-refractivity contribution is 7.85. The Balaban J connectivity index is 3.00. The third kappa shape index (κ3) is 7.51. The van der Waals surface area contributed by atoms with E-state index in [1.54, 1.807) is 6.92 Å². The van der Waals surface area contributed by atoms with Crippen molar-refractivity contribution in [3.8, 4) is 0 Å². The molecule has 27 heavy (non-hydrogen) atoms. The fraction of sp³-hybridized carbons (Fsp3) is 0.667. The van der Waals surface area contributed by atoms with Crippen LogP contribution in [0.2, 0.25) is 18.1 Å². The van der Waals surface area contributed by atoms with Gasteiger partial charge in [-0.1, -0.05) is 45.4 Å². The summed E-state index contributed by atoms with van der Waals surface area (Å²) in [5, 5.41) is 0.0419. The van der Waals surface area contributed by atoms with Crippen LogP contribution < -0.4 is 0 Å². The summed E-state index contributed by atoms with van der Waals surface area (Å²) in [4.78, 5) is 12.8. The average Bonchev–Trinajstić information content (AvgIpc) is 2.53. The molecule has 0 saturated carbocycles. The first-order valence-electron chi connectivity index (χ1n) is 9.66. The molecular weight excluding hydrogens is 376 g/mol. The van der Waals surface area contributed by atoms with E-state index in [-0.39, 0.29) is 29.5 Å². The van der Waals surface area contributed by atoms with Crippen molar-refractivity contribution in [1.29, 1.82) is 0 Å². The number of benzene rings is 1. The molecule has 0 aliphatic carbocycles. The third-order valence-corrected chi connectivity index (χ3v) is 11.2. The molecule has 0 radical (unpaired) electrons. The molecule has 0 fully saturated rings. The summed E-state index contributed by atoms with van der Waals surface area (Å²) in [5.74, 6) is 0.0957. The minimum absolute atomic E-state index is 0.0419. The molecule has 4 nitrogen and oxygen atoms in total. The summed E-state index contributed by atoms with van der Waals surface area (Å²) in [5.41, 5.74) is 1.14. The summed E-state index contributed by atoms with van der Waals surface area (Å²) in [6.45, 7) is 17.1. The Morgan fingerprint density at radius 3 is 2.22 bits per heavy atom. The molecule has 0 saturated heterocycles. The van der Waals surface area contributed by atoms with Crippen molar-refractivity contribution in [3.05, 3.63) is 29.8 Å². The molecule has 0 aromatic heterocycles. The van der Waals surface area contributed by atoms with Gasteiger partial charge in [0.1, 0.15) is 0 Å². The van der Waals surface area contributed by atoms with E-state index in [0.29, 0.717) is 12.4 Å². The van der Waals surface area contributed by atoms with Gasteiger partial charge in [-0.25, -0.2) is 0 Å². The second-order valence-electron chi connectivity index (χ2n) is 8.73. The molecule has 0 bridgehead atoms. The Labute approximate surface area is 168 Å². The van der Waals surface area contributed by atoms with Crippen LogP contribution in [0.15, 0.2) is 29.2 Å². The maximum Gasteiger partial charge on any atom is 0.306 e. The zero-order chi connectivity index (χ0) is 20.8. The van der Waals surface area contributed by atoms with Gasteiger partial charge >= 0.3 is 5.97 Å². The van der Waals surface area contributed by atoms with E-state index in [4.69, 9.17) is 9.16 Å². The molecule has 1 unspecified atom stereocenters. The number of carbonyl (C=O) groups is 1. The molecule has 3 atom stereocenters. The van der Waals surface area contributed by atoms with Crippen molar-refractivity contribution >= 4 is 25.1 Å². The van der Waals surface area contributed by atoms with Crippen LogP contribution in [0.1, 0.15) is 46.6 Å². The van der Waals surface area contributed by atoms with Crippen LogP contribution >= 0.6 is 0 Å². The Morgan fingerprint density at radius 2 is 1.74 bits per heavy atom. The number of aryl methyl sites for hydroxylation is 1. The Morgan fingerprint density at radius 1 is 1.19 bits per heavy atom. The van der Waals surface area contributed by atoms with Crippen molar-refractivity contribution in [1.82, 2.24) is 0 Å². The van der Waals surface area contributed by atoms with E-state index < -0.39 is 19.1 Å². The van der Waals surface area contributed by atoms with Gasteiger partial charge in [-0.15, -0.1) is 0 Å². The second kappa shape index (κ2) is 9.98. The largest absolute Gasteiger partial charge is 0.466 e. The summed E-state index contributed by atoms with van der Waals surface area (Å²) in [7, 11) is -3.24. The predicted molar refractivity (Wildman–Crippen MR) is 115 cm³/mol. The molecule has 1 aromatic rings. The first-order valence-corrected chi connectivity index (χ1v) is 13.9. The van der Waals surface area contributed by atoms with Crippen LogP contribution in [0.3, 0.4) is 0 Å². The van der Waals surface area contributed by atoms with Gasteiger partial charge in [0.2, 0.25) is 0 Å². The molecule has 6 heteroatoms. The molecule has 0 amide bonds. The van der Waals surface area contributed by atoms with Crippen LogP contribution in [0.4, 0.5) is 0 Å². The molecule has 1 aromatic carbocycles. The van der Waals surface area contributed by atoms with Crippen LogP contribution in [-0.4, -0.2) is 37.0 Å². The predicted octanol–water partition coefficient (Wildman–Crippen LogP) is 5.08. The minimum Gasteiger partial charge on any atom is -0.466 e. The zero-order valence-electron chi connectivity index (χ0n) is 18.1. The molecular formula is C21H36O4SSi. The summed E-state index contributed by atoms with van der Waals surface area (Å²) < 4.78 is 24.6. The Bertz CT molecular complexity index is 635. The smallest absolute Gasteiger partial charge is 0.306 e. The highest BCUT2D eigenvalue weighted by Gasteiger charge is 2.40. The number of esters is 1. The highest BCUT2D eigenvalue weighted by atomic mass is 32.2. The normalized spacial score (nSPS) is 15.9. The summed E-state index contributed by atoms with van der Waals surface area (Å²) in [6, 6.07) is 7.76. The first-order chi connectivity index (χ1) is 12.4. The summed E-state index contributed by atoms with van der Waals surface area (Å²) in [6.07, 6.45) is 0.0236. The molecule has 0 aliphatic rings. The van der Waals surface area contributed by atoms with Crippen molar-refractivity contribution in [2.24, 2.45) is 5.92 Å². The van der Waals surface area contributed by atoms with Gasteiger partial charge in [0.25, 0.3) is 0 Å². The first kappa shape index (κ1) is 24.1. The van der Waals surface area contributed by atoms with E-state index in [2.05, 4.69) is 33.9 Å². The average molecular weight is 413 g/mol. The summed E-state index contributed by atoms with van der Waals surface area (Å²) >= 11 is 0. The zero-order valence-corrected chi connectivity index (χ0v) is 19.9. The van der Waals surface area contributed by atoms with E-state index in [1.807, 2.05) is 38.1 Å². The van der Waals surface area contributed by atoms with Gasteiger partial charge in [0.15, 0.2) is 8.32 Å². The molecule has 154 valence electrons. The number of hydrogen-bond acceptors (Lipinski definition) is 4. The molecule has 1 rings (SSSR count). The van der Waals surface area contributed by atoms with Crippen LogP contribution in [0, 0.1) is 12.8 Å². The van der Waals surface area contributed by atoms with Gasteiger partial charge in [-0.05, 0) is 50.0 Å². The molecule has 0 aliphatic heterocycles. The van der Waals surface area contributed by atoms with Crippen LogP contribution in [0.25, 0.3) is 0 Å². The maximum absolute atomic E-state index is 12.9. The van der Waals surface area contributed by atoms with Gasteiger partial charge in [0.05, 0.1) is 35.7 Å². The van der Waals surface area contributed by atoms with Gasteiger partial charge in [-0.3, -0.25) is 9.00 Å². The van der Waals surface area contributed by atoms with Crippen molar-refractivity contribution in [3.63, 3.8) is 0 Å². The van der Waals surface area contributed by atoms with E-state index in [0.717, 1.165) is 10.5 Å². The lowest BCUT2D eigenvalue weighted by Crippen LogP contribution is -2.47. The topological polar surface area (TPSA) is 52.6 Å². The third-order valence-electron chi connectivity index (χ3n) is 5.28. The fourth-order valence-electron chi connectivity index (χ4n) is 2.42. The minimum atomic E-state index is -2.06. The highest BCUT2D eigenvalue weighted by Crippen LogP contribution is 2.38. The lowest BCUT2D eigenvalue weighted by atomic mass is 10.0. The number of rotatable bonds is 9. The van der Waals surface area contributed by atoms with Gasteiger partial charge in [-0.2, -0.15) is 0 Å². The van der Waals surface area contributed by atoms with Crippen molar-refractivity contribution < 1.29 is 18.2 Å². The van der Waals surface area contributed by atoms with Crippen LogP contribution in [0.5, 0.6) is 0 Å². The monoisotopic (exact) mass is 412 g/mol. The number of ether oxygens (including phenoxy) is 1. The fourth-order valence-corrected chi connectivity index (χ4v) is 5.29. The Kier molecular flexibility index (Phi) is 8.90. The quantitative estimate of drug-likeness (QED) is 0.419. The lowest BCUT2D eigenvalue weighted by Gasteiger charge is -2.40. The molecule has 0 spiro atoms. The maximum atomic E-state index is 12.9.